The second-order valence-electron chi connectivity index (χ2n) is 4.32. The maximum atomic E-state index is 12.6. The Bertz CT molecular complexity index is 540. The van der Waals surface area contributed by atoms with E-state index >= 15 is 0 Å². The van der Waals surface area contributed by atoms with Gasteiger partial charge in [0, 0.05) is 6.42 Å². The second-order valence-corrected chi connectivity index (χ2v) is 5.96. The maximum absolute atomic E-state index is 12.6. The summed E-state index contributed by atoms with van der Waals surface area (Å²) in [5.74, 6) is -5.32. The van der Waals surface area contributed by atoms with E-state index in [0.717, 1.165) is 0 Å². The highest BCUT2D eigenvalue weighted by atomic mass is 32.2. The summed E-state index contributed by atoms with van der Waals surface area (Å²) in [7, 11) is -4.01. The normalized spacial score (nSPS) is 13.4. The molecular formula is C12H13F5O3S. The Morgan fingerprint density at radius 3 is 2.10 bits per heavy atom. The largest absolute Gasteiger partial charge is 0.453 e. The molecule has 0 saturated carbocycles. The molecule has 1 aromatic rings. The minimum Gasteiger partial charge on any atom is -0.270 e. The minimum atomic E-state index is -5.64. The molecule has 0 radical (unpaired) electrons. The topological polar surface area (TPSA) is 43.4 Å². The minimum absolute atomic E-state index is 0.429. The van der Waals surface area contributed by atoms with Gasteiger partial charge in [-0.1, -0.05) is 30.3 Å². The second kappa shape index (κ2) is 6.69. The maximum Gasteiger partial charge on any atom is 0.453 e. The van der Waals surface area contributed by atoms with Gasteiger partial charge in [-0.25, -0.2) is 0 Å². The van der Waals surface area contributed by atoms with Gasteiger partial charge in [-0.15, -0.1) is 0 Å². The fourth-order valence-corrected chi connectivity index (χ4v) is 2.50. The van der Waals surface area contributed by atoms with Crippen molar-refractivity contribution < 1.29 is 34.6 Å². The van der Waals surface area contributed by atoms with Crippen molar-refractivity contribution in [2.45, 2.75) is 30.7 Å². The van der Waals surface area contributed by atoms with Crippen molar-refractivity contribution in [3.8, 4) is 0 Å². The molecule has 1 rings (SSSR count). The Morgan fingerprint density at radius 1 is 1.00 bits per heavy atom. The predicted octanol–water partition coefficient (Wildman–Crippen LogP) is 3.51. The van der Waals surface area contributed by atoms with E-state index in [1.807, 2.05) is 0 Å². The molecule has 9 heteroatoms. The summed E-state index contributed by atoms with van der Waals surface area (Å²) in [5.41, 5.74) is 0.429. The van der Waals surface area contributed by atoms with E-state index in [4.69, 9.17) is 0 Å². The molecule has 0 amide bonds. The van der Waals surface area contributed by atoms with Crippen LogP contribution in [0.1, 0.15) is 18.4 Å². The van der Waals surface area contributed by atoms with E-state index in [-0.39, 0.29) is 0 Å². The van der Waals surface area contributed by atoms with E-state index < -0.39 is 47.4 Å². The Kier molecular flexibility index (Phi) is 5.68. The van der Waals surface area contributed by atoms with E-state index in [1.165, 1.54) is 12.1 Å². The summed E-state index contributed by atoms with van der Waals surface area (Å²) in [6.07, 6.45) is -7.88. The molecule has 21 heavy (non-hydrogen) atoms. The van der Waals surface area contributed by atoms with Crippen LogP contribution in [0.3, 0.4) is 0 Å². The summed E-state index contributed by atoms with van der Waals surface area (Å²) >= 11 is 0. The average Bonchev–Trinajstić information content (AvgIpc) is 2.34. The smallest absolute Gasteiger partial charge is 0.270 e. The Morgan fingerprint density at radius 2 is 1.57 bits per heavy atom. The van der Waals surface area contributed by atoms with Gasteiger partial charge in [0.1, 0.15) is 5.75 Å². The van der Waals surface area contributed by atoms with Gasteiger partial charge in [0.25, 0.3) is 10.1 Å². The van der Waals surface area contributed by atoms with Gasteiger partial charge in [0.05, 0.1) is 6.61 Å². The number of alkyl halides is 5. The molecule has 1 aromatic carbocycles. The van der Waals surface area contributed by atoms with Crippen molar-refractivity contribution in [1.82, 2.24) is 0 Å². The first kappa shape index (κ1) is 17.8. The molecule has 0 aliphatic heterocycles. The third-order valence-corrected chi connectivity index (χ3v) is 3.71. The number of hydrogen-bond acceptors (Lipinski definition) is 3. The third kappa shape index (κ3) is 5.96. The van der Waals surface area contributed by atoms with Crippen LogP contribution < -0.4 is 0 Å². The lowest BCUT2D eigenvalue weighted by molar-refractivity contribution is -0.284. The quantitative estimate of drug-likeness (QED) is 0.436. The van der Waals surface area contributed by atoms with Gasteiger partial charge < -0.3 is 0 Å². The Balaban J connectivity index is 2.42. The lowest BCUT2D eigenvalue weighted by atomic mass is 10.2. The number of rotatable bonds is 7. The molecule has 0 N–H and O–H groups in total. The van der Waals surface area contributed by atoms with E-state index in [1.54, 1.807) is 18.2 Å². The third-order valence-electron chi connectivity index (χ3n) is 2.50. The molecule has 0 bridgehead atoms. The monoisotopic (exact) mass is 332 g/mol. The van der Waals surface area contributed by atoms with Crippen molar-refractivity contribution in [3.63, 3.8) is 0 Å². The van der Waals surface area contributed by atoms with Crippen LogP contribution in [0.5, 0.6) is 0 Å². The van der Waals surface area contributed by atoms with Crippen molar-refractivity contribution in [1.29, 1.82) is 0 Å². The lowest BCUT2D eigenvalue weighted by Gasteiger charge is -2.19. The fourth-order valence-electron chi connectivity index (χ4n) is 1.44. The first-order valence-electron chi connectivity index (χ1n) is 5.89. The Hall–Kier alpha value is -1.22. The zero-order valence-electron chi connectivity index (χ0n) is 10.7. The van der Waals surface area contributed by atoms with Gasteiger partial charge >= 0.3 is 12.1 Å². The number of hydrogen-bond donors (Lipinski definition) is 0. The molecule has 0 aliphatic rings. The zero-order valence-corrected chi connectivity index (χ0v) is 11.6. The summed E-state index contributed by atoms with van der Waals surface area (Å²) in [5, 5.41) is 0. The number of benzene rings is 1. The van der Waals surface area contributed by atoms with E-state index in [9.17, 15) is 30.4 Å². The molecule has 0 aliphatic carbocycles. The van der Waals surface area contributed by atoms with Crippen LogP contribution >= 0.6 is 0 Å². The molecule has 0 fully saturated rings. The van der Waals surface area contributed by atoms with Crippen LogP contribution in [0.2, 0.25) is 0 Å². The van der Waals surface area contributed by atoms with Crippen LogP contribution in [-0.4, -0.2) is 27.1 Å². The molecule has 0 atom stereocenters. The van der Waals surface area contributed by atoms with Crippen LogP contribution in [0.15, 0.2) is 30.3 Å². The molecule has 0 spiro atoms. The van der Waals surface area contributed by atoms with Crippen molar-refractivity contribution in [2.24, 2.45) is 0 Å². The molecule has 3 nitrogen and oxygen atoms in total. The zero-order chi connectivity index (χ0) is 16.1. The van der Waals surface area contributed by atoms with E-state index in [0.29, 0.717) is 5.56 Å². The Labute approximate surface area is 118 Å². The first-order valence-corrected chi connectivity index (χ1v) is 7.47. The highest BCUT2D eigenvalue weighted by Gasteiger charge is 2.56. The highest BCUT2D eigenvalue weighted by Crippen LogP contribution is 2.38. The SMILES string of the molecule is O=S(=O)(Cc1ccccc1)OCCCC(F)(F)C(F)(F)F. The van der Waals surface area contributed by atoms with Gasteiger partial charge in [-0.3, -0.25) is 4.18 Å². The van der Waals surface area contributed by atoms with Crippen LogP contribution in [0, 0.1) is 0 Å². The molecular weight excluding hydrogens is 319 g/mol. The van der Waals surface area contributed by atoms with Crippen LogP contribution in [0.4, 0.5) is 22.0 Å². The van der Waals surface area contributed by atoms with Gasteiger partial charge in [-0.2, -0.15) is 30.4 Å². The van der Waals surface area contributed by atoms with Gasteiger partial charge in [0.2, 0.25) is 0 Å². The predicted molar refractivity (Wildman–Crippen MR) is 65.3 cm³/mol. The molecule has 120 valence electrons. The summed E-state index contributed by atoms with van der Waals surface area (Å²) in [4.78, 5) is 0. The number of halogens is 5. The van der Waals surface area contributed by atoms with Crippen LogP contribution in [0.25, 0.3) is 0 Å². The van der Waals surface area contributed by atoms with Crippen molar-refractivity contribution >= 4 is 10.1 Å². The summed E-state index contributed by atoms with van der Waals surface area (Å²) in [6, 6.07) is 7.94. The van der Waals surface area contributed by atoms with Gasteiger partial charge in [0.15, 0.2) is 0 Å². The summed E-state index contributed by atoms with van der Waals surface area (Å²) in [6.45, 7) is -0.721. The average molecular weight is 332 g/mol. The van der Waals surface area contributed by atoms with Gasteiger partial charge in [-0.05, 0) is 12.0 Å². The fraction of sp³-hybridized carbons (Fsp3) is 0.500. The molecule has 0 saturated heterocycles. The molecule has 0 aromatic heterocycles. The standard InChI is InChI=1S/C12H13F5O3S/c13-11(14,12(15,16)17)7-4-8-20-21(18,19)9-10-5-2-1-3-6-10/h1-3,5-6H,4,7-9H2. The first-order chi connectivity index (χ1) is 9.54. The highest BCUT2D eigenvalue weighted by molar-refractivity contribution is 7.85. The molecule has 0 unspecified atom stereocenters. The molecule has 0 heterocycles. The van der Waals surface area contributed by atoms with Crippen molar-refractivity contribution in [3.05, 3.63) is 35.9 Å². The lowest BCUT2D eigenvalue weighted by Crippen LogP contribution is -2.36. The van der Waals surface area contributed by atoms with Crippen LogP contribution in [-0.2, 0) is 20.1 Å². The van der Waals surface area contributed by atoms with Crippen molar-refractivity contribution in [2.75, 3.05) is 6.61 Å². The summed E-state index contributed by atoms with van der Waals surface area (Å²) < 4.78 is 88.1. The van der Waals surface area contributed by atoms with E-state index in [2.05, 4.69) is 4.18 Å².